The number of amides is 1. The second-order valence-corrected chi connectivity index (χ2v) is 5.45. The number of rotatable bonds is 6. The van der Waals surface area contributed by atoms with Crippen molar-refractivity contribution in [2.45, 2.75) is 19.9 Å². The third-order valence-electron chi connectivity index (χ3n) is 3.21. The molecule has 0 spiro atoms. The van der Waals surface area contributed by atoms with Gasteiger partial charge in [0.15, 0.2) is 0 Å². The summed E-state index contributed by atoms with van der Waals surface area (Å²) < 4.78 is 5.15. The third-order valence-corrected chi connectivity index (χ3v) is 3.21. The molecular formula is C15H25N3O2. The minimum absolute atomic E-state index is 0.0241. The van der Waals surface area contributed by atoms with Gasteiger partial charge in [-0.15, -0.1) is 0 Å². The van der Waals surface area contributed by atoms with Crippen LogP contribution in [0.4, 0.5) is 11.4 Å². The van der Waals surface area contributed by atoms with Crippen molar-refractivity contribution in [3.8, 4) is 0 Å². The number of hydrogen-bond acceptors (Lipinski definition) is 4. The lowest BCUT2D eigenvalue weighted by Crippen LogP contribution is -2.42. The number of carbonyl (C=O) groups excluding carboxylic acids is 1. The lowest BCUT2D eigenvalue weighted by molar-refractivity contribution is 0.0867. The number of benzene rings is 1. The second kappa shape index (κ2) is 7.14. The van der Waals surface area contributed by atoms with E-state index in [1.807, 2.05) is 25.1 Å². The molecule has 1 rings (SSSR count). The Morgan fingerprint density at radius 2 is 2.05 bits per heavy atom. The first-order chi connectivity index (χ1) is 9.36. The van der Waals surface area contributed by atoms with Gasteiger partial charge in [0, 0.05) is 32.6 Å². The van der Waals surface area contributed by atoms with E-state index in [0.29, 0.717) is 23.8 Å². The van der Waals surface area contributed by atoms with Crippen molar-refractivity contribution in [2.75, 3.05) is 38.4 Å². The summed E-state index contributed by atoms with van der Waals surface area (Å²) in [7, 11) is 5.43. The quantitative estimate of drug-likeness (QED) is 0.778. The number of nitrogens with one attached hydrogen (secondary N) is 1. The zero-order chi connectivity index (χ0) is 15.3. The SMILES string of the molecule is COCC(NC(=O)c1cc(N)ccc1N(C)C)C(C)C. The molecule has 0 bridgehead atoms. The van der Waals surface area contributed by atoms with Gasteiger partial charge in [-0.3, -0.25) is 4.79 Å². The topological polar surface area (TPSA) is 67.6 Å². The molecule has 3 N–H and O–H groups in total. The predicted octanol–water partition coefficient (Wildman–Crippen LogP) is 1.74. The van der Waals surface area contributed by atoms with Gasteiger partial charge in [0.1, 0.15) is 0 Å². The highest BCUT2D eigenvalue weighted by Gasteiger charge is 2.19. The highest BCUT2D eigenvalue weighted by Crippen LogP contribution is 2.21. The smallest absolute Gasteiger partial charge is 0.253 e. The maximum Gasteiger partial charge on any atom is 0.253 e. The maximum atomic E-state index is 12.5. The van der Waals surface area contributed by atoms with E-state index in [0.717, 1.165) is 5.69 Å². The van der Waals surface area contributed by atoms with Crippen LogP contribution in [0.25, 0.3) is 0 Å². The van der Waals surface area contributed by atoms with Gasteiger partial charge in [0.25, 0.3) is 5.91 Å². The second-order valence-electron chi connectivity index (χ2n) is 5.45. The number of carbonyl (C=O) groups is 1. The van der Waals surface area contributed by atoms with Gasteiger partial charge in [0.05, 0.1) is 18.2 Å². The van der Waals surface area contributed by atoms with E-state index in [1.54, 1.807) is 19.2 Å². The molecule has 1 atom stereocenters. The molecule has 0 aliphatic heterocycles. The number of methoxy groups -OCH3 is 1. The Morgan fingerprint density at radius 3 is 2.55 bits per heavy atom. The molecule has 1 amide bonds. The van der Waals surface area contributed by atoms with Crippen LogP contribution in [0.15, 0.2) is 18.2 Å². The molecule has 0 saturated carbocycles. The van der Waals surface area contributed by atoms with Crippen molar-refractivity contribution in [2.24, 2.45) is 5.92 Å². The Balaban J connectivity index is 2.99. The van der Waals surface area contributed by atoms with Crippen molar-refractivity contribution >= 4 is 17.3 Å². The van der Waals surface area contributed by atoms with Gasteiger partial charge in [-0.1, -0.05) is 13.8 Å². The summed E-state index contributed by atoms with van der Waals surface area (Å²) in [6.45, 7) is 4.59. The number of nitrogen functional groups attached to an aromatic ring is 1. The van der Waals surface area contributed by atoms with Crippen LogP contribution in [0.1, 0.15) is 24.2 Å². The average Bonchev–Trinajstić information content (AvgIpc) is 2.37. The zero-order valence-electron chi connectivity index (χ0n) is 12.9. The van der Waals surface area contributed by atoms with Gasteiger partial charge in [0.2, 0.25) is 0 Å². The van der Waals surface area contributed by atoms with Gasteiger partial charge < -0.3 is 20.7 Å². The van der Waals surface area contributed by atoms with E-state index in [-0.39, 0.29) is 11.9 Å². The summed E-state index contributed by atoms with van der Waals surface area (Å²) in [5, 5.41) is 3.01. The van der Waals surface area contributed by atoms with E-state index >= 15 is 0 Å². The van der Waals surface area contributed by atoms with Crippen molar-refractivity contribution < 1.29 is 9.53 Å². The van der Waals surface area contributed by atoms with Crippen LogP contribution in [0.3, 0.4) is 0 Å². The maximum absolute atomic E-state index is 12.5. The van der Waals surface area contributed by atoms with Gasteiger partial charge in [-0.05, 0) is 24.1 Å². The van der Waals surface area contributed by atoms with E-state index in [4.69, 9.17) is 10.5 Å². The summed E-state index contributed by atoms with van der Waals surface area (Å²) in [6, 6.07) is 5.32. The number of nitrogens with zero attached hydrogens (tertiary/aromatic N) is 1. The van der Waals surface area contributed by atoms with E-state index in [2.05, 4.69) is 19.2 Å². The van der Waals surface area contributed by atoms with Crippen molar-refractivity contribution in [3.63, 3.8) is 0 Å². The zero-order valence-corrected chi connectivity index (χ0v) is 12.9. The molecule has 5 heteroatoms. The molecule has 0 heterocycles. The molecule has 1 unspecified atom stereocenters. The molecule has 0 fully saturated rings. The molecule has 1 aromatic rings. The number of anilines is 2. The Hall–Kier alpha value is -1.75. The van der Waals surface area contributed by atoms with Crippen LogP contribution in [0, 0.1) is 5.92 Å². The largest absolute Gasteiger partial charge is 0.399 e. The predicted molar refractivity (Wildman–Crippen MR) is 83.1 cm³/mol. The average molecular weight is 279 g/mol. The number of hydrogen-bond donors (Lipinski definition) is 2. The Kier molecular flexibility index (Phi) is 5.82. The van der Waals surface area contributed by atoms with Crippen molar-refractivity contribution in [3.05, 3.63) is 23.8 Å². The fraction of sp³-hybridized carbons (Fsp3) is 0.533. The van der Waals surface area contributed by atoms with Crippen LogP contribution >= 0.6 is 0 Å². The van der Waals surface area contributed by atoms with Crippen LogP contribution in [0.2, 0.25) is 0 Å². The molecule has 0 radical (unpaired) electrons. The van der Waals surface area contributed by atoms with E-state index in [1.165, 1.54) is 0 Å². The molecule has 0 aromatic heterocycles. The first-order valence-electron chi connectivity index (χ1n) is 6.73. The molecule has 1 aromatic carbocycles. The highest BCUT2D eigenvalue weighted by molar-refractivity contribution is 6.00. The molecule has 5 nitrogen and oxygen atoms in total. The van der Waals surface area contributed by atoms with E-state index < -0.39 is 0 Å². The fourth-order valence-corrected chi connectivity index (χ4v) is 1.95. The molecule has 20 heavy (non-hydrogen) atoms. The van der Waals surface area contributed by atoms with Crippen molar-refractivity contribution in [1.29, 1.82) is 0 Å². The first-order valence-corrected chi connectivity index (χ1v) is 6.73. The molecule has 0 saturated heterocycles. The molecule has 112 valence electrons. The summed E-state index contributed by atoms with van der Waals surface area (Å²) >= 11 is 0. The standard InChI is InChI=1S/C15H25N3O2/c1-10(2)13(9-20-5)17-15(19)12-8-11(16)6-7-14(12)18(3)4/h6-8,10,13H,9,16H2,1-5H3,(H,17,19). The Labute approximate surface area is 121 Å². The lowest BCUT2D eigenvalue weighted by atomic mass is 10.0. The van der Waals surface area contributed by atoms with E-state index in [9.17, 15) is 4.79 Å². The lowest BCUT2D eigenvalue weighted by Gasteiger charge is -2.23. The minimum Gasteiger partial charge on any atom is -0.399 e. The number of ether oxygens (including phenoxy) is 1. The molecule has 0 aliphatic carbocycles. The third kappa shape index (κ3) is 4.13. The summed E-state index contributed by atoms with van der Waals surface area (Å²) in [6.07, 6.45) is 0. The van der Waals surface area contributed by atoms with Crippen LogP contribution in [0.5, 0.6) is 0 Å². The van der Waals surface area contributed by atoms with Gasteiger partial charge in [-0.2, -0.15) is 0 Å². The summed E-state index contributed by atoms with van der Waals surface area (Å²) in [5.41, 5.74) is 7.79. The van der Waals surface area contributed by atoms with Crippen LogP contribution < -0.4 is 16.0 Å². The Bertz CT molecular complexity index is 458. The number of nitrogens with two attached hydrogens (primary N) is 1. The fourth-order valence-electron chi connectivity index (χ4n) is 1.95. The molecule has 0 aliphatic rings. The van der Waals surface area contributed by atoms with Gasteiger partial charge >= 0.3 is 0 Å². The normalized spacial score (nSPS) is 12.3. The monoisotopic (exact) mass is 279 g/mol. The Morgan fingerprint density at radius 1 is 1.40 bits per heavy atom. The molecular weight excluding hydrogens is 254 g/mol. The van der Waals surface area contributed by atoms with Crippen LogP contribution in [-0.2, 0) is 4.74 Å². The summed E-state index contributed by atoms with van der Waals surface area (Å²) in [4.78, 5) is 14.4. The van der Waals surface area contributed by atoms with Crippen LogP contribution in [-0.4, -0.2) is 39.8 Å². The highest BCUT2D eigenvalue weighted by atomic mass is 16.5. The first kappa shape index (κ1) is 16.3. The van der Waals surface area contributed by atoms with Crippen molar-refractivity contribution in [1.82, 2.24) is 5.32 Å². The minimum atomic E-state index is -0.128. The summed E-state index contributed by atoms with van der Waals surface area (Å²) in [5.74, 6) is 0.166. The van der Waals surface area contributed by atoms with Gasteiger partial charge in [-0.25, -0.2) is 0 Å².